The van der Waals surface area contributed by atoms with Crippen molar-refractivity contribution in [1.29, 1.82) is 0 Å². The van der Waals surface area contributed by atoms with E-state index in [0.29, 0.717) is 17.8 Å². The maximum atomic E-state index is 6.14. The molecule has 6 heteroatoms. The summed E-state index contributed by atoms with van der Waals surface area (Å²) in [7, 11) is 1.92. The second-order valence-electron chi connectivity index (χ2n) is 6.47. The van der Waals surface area contributed by atoms with Crippen LogP contribution in [0.15, 0.2) is 59.1 Å². The first-order chi connectivity index (χ1) is 12.7. The van der Waals surface area contributed by atoms with Gasteiger partial charge in [-0.15, -0.1) is 12.4 Å². The zero-order chi connectivity index (χ0) is 18.4. The first-order valence-corrected chi connectivity index (χ1v) is 8.94. The van der Waals surface area contributed by atoms with Gasteiger partial charge in [0.2, 0.25) is 0 Å². The van der Waals surface area contributed by atoms with Gasteiger partial charge in [-0.2, -0.15) is 4.98 Å². The Kier molecular flexibility index (Phi) is 7.82. The van der Waals surface area contributed by atoms with Crippen LogP contribution in [0.2, 0.25) is 0 Å². The Labute approximate surface area is 166 Å². The minimum atomic E-state index is -0.307. The summed E-state index contributed by atoms with van der Waals surface area (Å²) in [6, 6.07) is 18.7. The third-order valence-electron chi connectivity index (χ3n) is 4.33. The minimum absolute atomic E-state index is 0. The van der Waals surface area contributed by atoms with Gasteiger partial charge in [0.15, 0.2) is 11.9 Å². The van der Waals surface area contributed by atoms with Crippen LogP contribution in [0.3, 0.4) is 0 Å². The van der Waals surface area contributed by atoms with E-state index in [0.717, 1.165) is 24.2 Å². The van der Waals surface area contributed by atoms with Gasteiger partial charge in [0.05, 0.1) is 0 Å². The van der Waals surface area contributed by atoms with E-state index >= 15 is 0 Å². The van der Waals surface area contributed by atoms with E-state index in [9.17, 15) is 0 Å². The van der Waals surface area contributed by atoms with Crippen molar-refractivity contribution >= 4 is 12.4 Å². The summed E-state index contributed by atoms with van der Waals surface area (Å²) in [6.45, 7) is 4.01. The number of hydrogen-bond acceptors (Lipinski definition) is 5. The first kappa shape index (κ1) is 20.9. The first-order valence-electron chi connectivity index (χ1n) is 8.94. The number of hydrogen-bond donors (Lipinski definition) is 1. The number of rotatable bonds is 8. The molecule has 5 nitrogen and oxygen atoms in total. The highest BCUT2D eigenvalue weighted by molar-refractivity contribution is 5.85. The van der Waals surface area contributed by atoms with Crippen molar-refractivity contribution in [1.82, 2.24) is 15.5 Å². The van der Waals surface area contributed by atoms with Gasteiger partial charge in [-0.1, -0.05) is 53.7 Å². The maximum Gasteiger partial charge on any atom is 0.267 e. The van der Waals surface area contributed by atoms with Gasteiger partial charge >= 0.3 is 0 Å². The molecule has 27 heavy (non-hydrogen) atoms. The maximum absolute atomic E-state index is 6.14. The van der Waals surface area contributed by atoms with Crippen LogP contribution in [0.4, 0.5) is 0 Å². The van der Waals surface area contributed by atoms with Crippen molar-refractivity contribution < 1.29 is 9.26 Å². The second-order valence-corrected chi connectivity index (χ2v) is 6.47. The fourth-order valence-electron chi connectivity index (χ4n) is 2.71. The van der Waals surface area contributed by atoms with Crippen LogP contribution in [-0.2, 0) is 12.8 Å². The molecule has 0 amide bonds. The number of likely N-dealkylation sites (N-methyl/N-ethyl adjacent to an activating group) is 1. The van der Waals surface area contributed by atoms with Gasteiger partial charge in [-0.25, -0.2) is 0 Å². The molecule has 0 aliphatic heterocycles. The Morgan fingerprint density at radius 1 is 1.04 bits per heavy atom. The molecule has 144 valence electrons. The van der Waals surface area contributed by atoms with Gasteiger partial charge in [0, 0.05) is 18.9 Å². The highest BCUT2D eigenvalue weighted by Gasteiger charge is 2.18. The van der Waals surface area contributed by atoms with Crippen molar-refractivity contribution in [3.63, 3.8) is 0 Å². The van der Waals surface area contributed by atoms with E-state index in [1.54, 1.807) is 0 Å². The van der Waals surface area contributed by atoms with Crippen molar-refractivity contribution in [2.75, 3.05) is 7.05 Å². The Balaban J connectivity index is 0.00000261. The molecule has 0 aliphatic rings. The smallest absolute Gasteiger partial charge is 0.267 e. The van der Waals surface area contributed by atoms with Gasteiger partial charge in [0.25, 0.3) is 5.89 Å². The molecule has 0 spiro atoms. The number of aromatic nitrogens is 2. The molecule has 0 radical (unpaired) electrons. The van der Waals surface area contributed by atoms with Crippen LogP contribution in [0.5, 0.6) is 5.75 Å². The summed E-state index contributed by atoms with van der Waals surface area (Å²) in [5.74, 6) is 2.03. The lowest BCUT2D eigenvalue weighted by Gasteiger charge is -2.15. The summed E-state index contributed by atoms with van der Waals surface area (Å²) in [6.07, 6.45) is 1.23. The van der Waals surface area contributed by atoms with Crippen LogP contribution in [-0.4, -0.2) is 23.2 Å². The molecule has 3 rings (SSSR count). The lowest BCUT2D eigenvalue weighted by atomic mass is 10.0. The standard InChI is InChI=1S/C21H25N3O2.ClH/c1-15(22-3)13-20-23-21(26-24-20)16(2)25-19-12-8-7-11-18(19)14-17-9-5-4-6-10-17;/h4-12,15-16,22H,13-14H2,1-3H3;1H. The molecule has 0 bridgehead atoms. The molecule has 2 unspecified atom stereocenters. The second kappa shape index (κ2) is 10.1. The largest absolute Gasteiger partial charge is 0.481 e. The SMILES string of the molecule is CNC(C)Cc1noc(C(C)Oc2ccccc2Cc2ccccc2)n1.Cl. The van der Waals surface area contributed by atoms with E-state index in [1.807, 2.05) is 50.4 Å². The van der Waals surface area contributed by atoms with Gasteiger partial charge in [-0.3, -0.25) is 0 Å². The van der Waals surface area contributed by atoms with E-state index in [-0.39, 0.29) is 18.5 Å². The summed E-state index contributed by atoms with van der Waals surface area (Å²) in [5.41, 5.74) is 2.38. The van der Waals surface area contributed by atoms with Crippen LogP contribution in [0.25, 0.3) is 0 Å². The van der Waals surface area contributed by atoms with E-state index < -0.39 is 0 Å². The number of ether oxygens (including phenoxy) is 1. The summed E-state index contributed by atoms with van der Waals surface area (Å²) >= 11 is 0. The average molecular weight is 388 g/mol. The van der Waals surface area contributed by atoms with Crippen molar-refractivity contribution in [3.05, 3.63) is 77.4 Å². The summed E-state index contributed by atoms with van der Waals surface area (Å²) < 4.78 is 11.5. The topological polar surface area (TPSA) is 60.2 Å². The molecule has 0 saturated carbocycles. The Hall–Kier alpha value is -2.37. The third-order valence-corrected chi connectivity index (χ3v) is 4.33. The molecule has 3 aromatic rings. The van der Waals surface area contributed by atoms with E-state index in [1.165, 1.54) is 5.56 Å². The number of benzene rings is 2. The van der Waals surface area contributed by atoms with Gasteiger partial charge in [0.1, 0.15) is 5.75 Å². The Bertz CT molecular complexity index is 823. The van der Waals surface area contributed by atoms with Crippen LogP contribution in [0.1, 0.15) is 42.8 Å². The van der Waals surface area contributed by atoms with Crippen LogP contribution >= 0.6 is 12.4 Å². The van der Waals surface area contributed by atoms with Crippen LogP contribution in [0, 0.1) is 0 Å². The van der Waals surface area contributed by atoms with Crippen molar-refractivity contribution in [2.45, 2.75) is 38.8 Å². The molecular weight excluding hydrogens is 362 g/mol. The molecule has 0 aliphatic carbocycles. The normalized spacial score (nSPS) is 12.9. The highest BCUT2D eigenvalue weighted by Crippen LogP contribution is 2.26. The molecule has 1 N–H and O–H groups in total. The van der Waals surface area contributed by atoms with E-state index in [2.05, 4.69) is 40.6 Å². The molecule has 2 aromatic carbocycles. The Morgan fingerprint density at radius 2 is 1.74 bits per heavy atom. The molecule has 0 fully saturated rings. The van der Waals surface area contributed by atoms with Gasteiger partial charge < -0.3 is 14.6 Å². The minimum Gasteiger partial charge on any atom is -0.481 e. The molecular formula is C21H26ClN3O2. The zero-order valence-electron chi connectivity index (χ0n) is 15.9. The van der Waals surface area contributed by atoms with Gasteiger partial charge in [-0.05, 0) is 38.1 Å². The Morgan fingerprint density at radius 3 is 2.48 bits per heavy atom. The monoisotopic (exact) mass is 387 g/mol. The lowest BCUT2D eigenvalue weighted by Crippen LogP contribution is -2.24. The predicted molar refractivity (Wildman–Crippen MR) is 109 cm³/mol. The average Bonchev–Trinajstić information content (AvgIpc) is 3.12. The number of para-hydroxylation sites is 1. The fourth-order valence-corrected chi connectivity index (χ4v) is 2.71. The third kappa shape index (κ3) is 5.81. The molecule has 1 heterocycles. The summed E-state index contributed by atoms with van der Waals surface area (Å²) in [4.78, 5) is 4.47. The number of nitrogens with zero attached hydrogens (tertiary/aromatic N) is 2. The number of nitrogens with one attached hydrogen (secondary N) is 1. The lowest BCUT2D eigenvalue weighted by molar-refractivity contribution is 0.174. The zero-order valence-corrected chi connectivity index (χ0v) is 16.7. The van der Waals surface area contributed by atoms with Crippen molar-refractivity contribution in [3.8, 4) is 5.75 Å². The fraction of sp³-hybridized carbons (Fsp3) is 0.333. The van der Waals surface area contributed by atoms with Crippen molar-refractivity contribution in [2.24, 2.45) is 0 Å². The predicted octanol–water partition coefficient (Wildman–Crippen LogP) is 4.37. The molecule has 2 atom stereocenters. The molecule has 1 aromatic heterocycles. The summed E-state index contributed by atoms with van der Waals surface area (Å²) in [5, 5.41) is 7.22. The highest BCUT2D eigenvalue weighted by atomic mass is 35.5. The number of halogens is 1. The quantitative estimate of drug-likeness (QED) is 0.621. The molecule has 0 saturated heterocycles. The van der Waals surface area contributed by atoms with Crippen LogP contribution < -0.4 is 10.1 Å². The van der Waals surface area contributed by atoms with E-state index in [4.69, 9.17) is 9.26 Å².